The largest absolute Gasteiger partial charge is 0.313 e. The molecule has 0 heterocycles. The lowest BCUT2D eigenvalue weighted by Crippen LogP contribution is -2.11. The van der Waals surface area contributed by atoms with Crippen LogP contribution in [0.25, 0.3) is 5.57 Å². The average molecular weight is 189 g/mol. The van der Waals surface area contributed by atoms with Gasteiger partial charge in [-0.25, -0.2) is 0 Å². The van der Waals surface area contributed by atoms with E-state index in [0.29, 0.717) is 6.04 Å². The molecule has 1 unspecified atom stereocenters. The van der Waals surface area contributed by atoms with Crippen molar-refractivity contribution in [1.82, 2.24) is 5.32 Å². The number of benzene rings is 1. The number of hydrogen-bond donors (Lipinski definition) is 1. The maximum Gasteiger partial charge on any atom is 0.0289 e. The molecule has 1 atom stereocenters. The van der Waals surface area contributed by atoms with Gasteiger partial charge in [-0.05, 0) is 44.5 Å². The summed E-state index contributed by atoms with van der Waals surface area (Å²) in [5, 5.41) is 3.23. The standard InChI is InChI=1S/C13H19N/c1-5-10(2)12-6-8-13(9-7-12)11(3)14-4/h5-9,11,14H,1-4H3/b10-5+. The third-order valence-corrected chi connectivity index (χ3v) is 2.73. The highest BCUT2D eigenvalue weighted by atomic mass is 14.8. The first kappa shape index (κ1) is 11.0. The van der Waals surface area contributed by atoms with Crippen LogP contribution in [0.15, 0.2) is 30.3 Å². The van der Waals surface area contributed by atoms with Gasteiger partial charge in [-0.15, -0.1) is 0 Å². The van der Waals surface area contributed by atoms with E-state index in [1.54, 1.807) is 0 Å². The molecule has 1 aromatic rings. The van der Waals surface area contributed by atoms with Gasteiger partial charge >= 0.3 is 0 Å². The third-order valence-electron chi connectivity index (χ3n) is 2.73. The lowest BCUT2D eigenvalue weighted by molar-refractivity contribution is 0.652. The molecule has 1 nitrogen and oxygen atoms in total. The van der Waals surface area contributed by atoms with Gasteiger partial charge in [-0.2, -0.15) is 0 Å². The fourth-order valence-electron chi connectivity index (χ4n) is 1.37. The zero-order valence-corrected chi connectivity index (χ0v) is 9.46. The van der Waals surface area contributed by atoms with E-state index in [0.717, 1.165) is 0 Å². The van der Waals surface area contributed by atoms with Gasteiger partial charge in [0.05, 0.1) is 0 Å². The molecule has 1 heteroatoms. The molecule has 0 aliphatic heterocycles. The van der Waals surface area contributed by atoms with E-state index >= 15 is 0 Å². The summed E-state index contributed by atoms with van der Waals surface area (Å²) in [6.45, 7) is 6.37. The van der Waals surface area contributed by atoms with Gasteiger partial charge in [0.2, 0.25) is 0 Å². The van der Waals surface area contributed by atoms with Crippen molar-refractivity contribution in [3.63, 3.8) is 0 Å². The Morgan fingerprint density at radius 2 is 1.86 bits per heavy atom. The van der Waals surface area contributed by atoms with Gasteiger partial charge in [-0.3, -0.25) is 0 Å². The van der Waals surface area contributed by atoms with Gasteiger partial charge in [0, 0.05) is 6.04 Å². The van der Waals surface area contributed by atoms with Crippen LogP contribution in [-0.2, 0) is 0 Å². The summed E-state index contributed by atoms with van der Waals surface area (Å²) < 4.78 is 0. The Labute approximate surface area is 86.8 Å². The maximum absolute atomic E-state index is 3.23. The first-order chi connectivity index (χ1) is 6.69. The molecule has 0 spiro atoms. The Kier molecular flexibility index (Phi) is 3.90. The molecular formula is C13H19N. The molecular weight excluding hydrogens is 170 g/mol. The van der Waals surface area contributed by atoms with Crippen molar-refractivity contribution in [3.8, 4) is 0 Å². The molecule has 0 radical (unpaired) electrons. The van der Waals surface area contributed by atoms with E-state index in [1.807, 2.05) is 7.05 Å². The number of allylic oxidation sites excluding steroid dienone is 2. The topological polar surface area (TPSA) is 12.0 Å². The first-order valence-corrected chi connectivity index (χ1v) is 5.09. The average Bonchev–Trinajstić information content (AvgIpc) is 2.27. The summed E-state index contributed by atoms with van der Waals surface area (Å²) in [6.07, 6.45) is 2.14. The van der Waals surface area contributed by atoms with Gasteiger partial charge in [0.15, 0.2) is 0 Å². The van der Waals surface area contributed by atoms with Crippen molar-refractivity contribution < 1.29 is 0 Å². The van der Waals surface area contributed by atoms with Gasteiger partial charge < -0.3 is 5.32 Å². The Morgan fingerprint density at radius 1 is 1.29 bits per heavy atom. The second kappa shape index (κ2) is 4.97. The smallest absolute Gasteiger partial charge is 0.0289 e. The summed E-state index contributed by atoms with van der Waals surface area (Å²) in [7, 11) is 1.98. The number of nitrogens with one attached hydrogen (secondary N) is 1. The molecule has 0 aromatic heterocycles. The fourth-order valence-corrected chi connectivity index (χ4v) is 1.37. The fraction of sp³-hybridized carbons (Fsp3) is 0.385. The van der Waals surface area contributed by atoms with Crippen molar-refractivity contribution >= 4 is 5.57 Å². The molecule has 76 valence electrons. The van der Waals surface area contributed by atoms with Gasteiger partial charge in [0.1, 0.15) is 0 Å². The minimum Gasteiger partial charge on any atom is -0.313 e. The summed E-state index contributed by atoms with van der Waals surface area (Å²) >= 11 is 0. The van der Waals surface area contributed by atoms with Crippen LogP contribution in [-0.4, -0.2) is 7.05 Å². The highest BCUT2D eigenvalue weighted by Gasteiger charge is 2.01. The van der Waals surface area contributed by atoms with Gasteiger partial charge in [0.25, 0.3) is 0 Å². The Bertz CT molecular complexity index is 309. The SMILES string of the molecule is C/C=C(\C)c1ccc(C(C)NC)cc1. The summed E-state index contributed by atoms with van der Waals surface area (Å²) in [5.74, 6) is 0. The van der Waals surface area contributed by atoms with Crippen LogP contribution in [0.2, 0.25) is 0 Å². The zero-order valence-electron chi connectivity index (χ0n) is 9.46. The predicted octanol–water partition coefficient (Wildman–Crippen LogP) is 3.39. The van der Waals surface area contributed by atoms with Crippen molar-refractivity contribution in [1.29, 1.82) is 0 Å². The van der Waals surface area contributed by atoms with E-state index in [-0.39, 0.29) is 0 Å². The van der Waals surface area contributed by atoms with E-state index < -0.39 is 0 Å². The van der Waals surface area contributed by atoms with Crippen LogP contribution in [0, 0.1) is 0 Å². The Hall–Kier alpha value is -1.08. The number of hydrogen-bond acceptors (Lipinski definition) is 1. The minimum absolute atomic E-state index is 0.426. The second-order valence-corrected chi connectivity index (χ2v) is 3.60. The summed E-state index contributed by atoms with van der Waals surface area (Å²) in [6, 6.07) is 9.15. The highest BCUT2D eigenvalue weighted by molar-refractivity contribution is 5.63. The Morgan fingerprint density at radius 3 is 2.29 bits per heavy atom. The molecule has 1 aromatic carbocycles. The van der Waals surface area contributed by atoms with Crippen LogP contribution in [0.5, 0.6) is 0 Å². The second-order valence-electron chi connectivity index (χ2n) is 3.60. The number of rotatable bonds is 3. The highest BCUT2D eigenvalue weighted by Crippen LogP contribution is 2.17. The molecule has 1 rings (SSSR count). The third kappa shape index (κ3) is 2.46. The van der Waals surface area contributed by atoms with Crippen molar-refractivity contribution in [3.05, 3.63) is 41.5 Å². The van der Waals surface area contributed by atoms with E-state index in [4.69, 9.17) is 0 Å². The molecule has 14 heavy (non-hydrogen) atoms. The molecule has 0 aliphatic carbocycles. The lowest BCUT2D eigenvalue weighted by Gasteiger charge is -2.11. The van der Waals surface area contributed by atoms with Crippen LogP contribution in [0.4, 0.5) is 0 Å². The summed E-state index contributed by atoms with van der Waals surface area (Å²) in [5.41, 5.74) is 3.97. The first-order valence-electron chi connectivity index (χ1n) is 5.09. The van der Waals surface area contributed by atoms with E-state index in [9.17, 15) is 0 Å². The Balaban J connectivity index is 2.89. The maximum atomic E-state index is 3.23. The predicted molar refractivity (Wildman–Crippen MR) is 63.2 cm³/mol. The van der Waals surface area contributed by atoms with E-state index in [2.05, 4.69) is 56.4 Å². The van der Waals surface area contributed by atoms with E-state index in [1.165, 1.54) is 16.7 Å². The quantitative estimate of drug-likeness (QED) is 0.768. The normalized spacial score (nSPS) is 14.1. The molecule has 1 N–H and O–H groups in total. The van der Waals surface area contributed by atoms with Crippen LogP contribution in [0.1, 0.15) is 37.9 Å². The van der Waals surface area contributed by atoms with Gasteiger partial charge in [-0.1, -0.05) is 30.3 Å². The molecule has 0 bridgehead atoms. The minimum atomic E-state index is 0.426. The van der Waals surface area contributed by atoms with Crippen molar-refractivity contribution in [2.24, 2.45) is 0 Å². The molecule has 0 saturated heterocycles. The molecule has 0 saturated carbocycles. The van der Waals surface area contributed by atoms with Crippen molar-refractivity contribution in [2.45, 2.75) is 26.8 Å². The lowest BCUT2D eigenvalue weighted by atomic mass is 10.0. The van der Waals surface area contributed by atoms with Crippen molar-refractivity contribution in [2.75, 3.05) is 7.05 Å². The van der Waals surface area contributed by atoms with Crippen LogP contribution < -0.4 is 5.32 Å². The molecule has 0 aliphatic rings. The van der Waals surface area contributed by atoms with Crippen LogP contribution >= 0.6 is 0 Å². The molecule has 0 amide bonds. The van der Waals surface area contributed by atoms with Crippen LogP contribution in [0.3, 0.4) is 0 Å². The zero-order chi connectivity index (χ0) is 10.6. The monoisotopic (exact) mass is 189 g/mol. The summed E-state index contributed by atoms with van der Waals surface area (Å²) in [4.78, 5) is 0. The molecule has 0 fully saturated rings.